The number of H-pyrrole nitrogens is 1. The number of hydroxylamine groups is 2. The van der Waals surface area contributed by atoms with Crippen LogP contribution in [0.3, 0.4) is 0 Å². The SMILES string of the molecule is O=C(NC1CCN(O)CC1)c1cnc(-c2ccccc2)[nH]c1=O. The largest absolute Gasteiger partial charge is 0.349 e. The average Bonchev–Trinajstić information content (AvgIpc) is 2.57. The zero-order chi connectivity index (χ0) is 16.2. The molecule has 7 nitrogen and oxygen atoms in total. The van der Waals surface area contributed by atoms with Crippen LogP contribution in [0.4, 0.5) is 0 Å². The molecule has 2 aromatic rings. The minimum absolute atomic E-state index is 0.00360. The molecule has 0 radical (unpaired) electrons. The molecule has 0 bridgehead atoms. The number of piperidine rings is 1. The Labute approximate surface area is 132 Å². The maximum Gasteiger partial charge on any atom is 0.264 e. The van der Waals surface area contributed by atoms with Gasteiger partial charge in [-0.05, 0) is 12.8 Å². The number of nitrogens with one attached hydrogen (secondary N) is 2. The highest BCUT2D eigenvalue weighted by atomic mass is 16.5. The molecule has 2 heterocycles. The van der Waals surface area contributed by atoms with Gasteiger partial charge in [0.15, 0.2) is 0 Å². The number of aromatic amines is 1. The van der Waals surface area contributed by atoms with Gasteiger partial charge in [0, 0.05) is 30.9 Å². The Hall–Kier alpha value is -2.51. The van der Waals surface area contributed by atoms with Gasteiger partial charge in [-0.2, -0.15) is 5.06 Å². The molecule has 1 aromatic heterocycles. The molecule has 3 N–H and O–H groups in total. The van der Waals surface area contributed by atoms with Crippen LogP contribution in [-0.2, 0) is 0 Å². The molecule has 1 saturated heterocycles. The second kappa shape index (κ2) is 6.72. The Kier molecular flexibility index (Phi) is 4.50. The van der Waals surface area contributed by atoms with Crippen molar-refractivity contribution in [3.8, 4) is 11.4 Å². The zero-order valence-electron chi connectivity index (χ0n) is 12.5. The van der Waals surface area contributed by atoms with E-state index in [1.54, 1.807) is 0 Å². The van der Waals surface area contributed by atoms with Crippen molar-refractivity contribution < 1.29 is 10.0 Å². The summed E-state index contributed by atoms with van der Waals surface area (Å²) in [5.74, 6) is -0.00418. The van der Waals surface area contributed by atoms with Crippen molar-refractivity contribution in [3.05, 3.63) is 52.4 Å². The Balaban J connectivity index is 1.73. The lowest BCUT2D eigenvalue weighted by Gasteiger charge is -2.27. The number of benzene rings is 1. The van der Waals surface area contributed by atoms with Crippen LogP contribution in [-0.4, -0.2) is 45.3 Å². The van der Waals surface area contributed by atoms with Crippen LogP contribution < -0.4 is 10.9 Å². The molecule has 1 aliphatic rings. The maximum atomic E-state index is 12.2. The topological polar surface area (TPSA) is 98.3 Å². The van der Waals surface area contributed by atoms with Crippen molar-refractivity contribution in [1.82, 2.24) is 20.3 Å². The number of hydrogen-bond donors (Lipinski definition) is 3. The van der Waals surface area contributed by atoms with E-state index in [0.717, 1.165) is 5.56 Å². The minimum atomic E-state index is -0.462. The van der Waals surface area contributed by atoms with Gasteiger partial charge < -0.3 is 15.5 Å². The first-order chi connectivity index (χ1) is 11.1. The van der Waals surface area contributed by atoms with Crippen molar-refractivity contribution >= 4 is 5.91 Å². The highest BCUT2D eigenvalue weighted by molar-refractivity contribution is 5.93. The van der Waals surface area contributed by atoms with Crippen LogP contribution >= 0.6 is 0 Å². The van der Waals surface area contributed by atoms with E-state index in [-0.39, 0.29) is 11.6 Å². The van der Waals surface area contributed by atoms with Crippen LogP contribution in [0, 0.1) is 0 Å². The third-order valence-corrected chi connectivity index (χ3v) is 3.90. The van der Waals surface area contributed by atoms with Gasteiger partial charge in [0.1, 0.15) is 11.4 Å². The summed E-state index contributed by atoms with van der Waals surface area (Å²) in [5, 5.41) is 13.4. The molecule has 23 heavy (non-hydrogen) atoms. The molecular formula is C16H18N4O3. The van der Waals surface area contributed by atoms with Crippen molar-refractivity contribution in [2.75, 3.05) is 13.1 Å². The summed E-state index contributed by atoms with van der Waals surface area (Å²) in [6, 6.07) is 9.20. The van der Waals surface area contributed by atoms with E-state index in [2.05, 4.69) is 15.3 Å². The molecule has 1 fully saturated rings. The van der Waals surface area contributed by atoms with Crippen molar-refractivity contribution in [1.29, 1.82) is 0 Å². The minimum Gasteiger partial charge on any atom is -0.349 e. The van der Waals surface area contributed by atoms with Crippen LogP contribution in [0.15, 0.2) is 41.3 Å². The fourth-order valence-electron chi connectivity index (χ4n) is 2.57. The lowest BCUT2D eigenvalue weighted by Crippen LogP contribution is -2.44. The van der Waals surface area contributed by atoms with Crippen molar-refractivity contribution in [2.24, 2.45) is 0 Å². The molecule has 0 unspecified atom stereocenters. The van der Waals surface area contributed by atoms with Crippen LogP contribution in [0.2, 0.25) is 0 Å². The molecule has 0 saturated carbocycles. The van der Waals surface area contributed by atoms with Gasteiger partial charge in [-0.3, -0.25) is 9.59 Å². The van der Waals surface area contributed by atoms with Gasteiger partial charge in [0.25, 0.3) is 11.5 Å². The smallest absolute Gasteiger partial charge is 0.264 e. The molecule has 1 amide bonds. The van der Waals surface area contributed by atoms with E-state index >= 15 is 0 Å². The van der Waals surface area contributed by atoms with Crippen molar-refractivity contribution in [3.63, 3.8) is 0 Å². The normalized spacial score (nSPS) is 16.2. The van der Waals surface area contributed by atoms with E-state index in [9.17, 15) is 14.8 Å². The lowest BCUT2D eigenvalue weighted by molar-refractivity contribution is -0.107. The summed E-state index contributed by atoms with van der Waals surface area (Å²) in [5.41, 5.74) is 0.318. The quantitative estimate of drug-likeness (QED) is 0.786. The molecule has 0 atom stereocenters. The van der Waals surface area contributed by atoms with E-state index in [4.69, 9.17) is 0 Å². The molecule has 0 aliphatic carbocycles. The number of rotatable bonds is 3. The highest BCUT2D eigenvalue weighted by Crippen LogP contribution is 2.12. The first kappa shape index (κ1) is 15.4. The Morgan fingerprint density at radius 1 is 1.26 bits per heavy atom. The summed E-state index contributed by atoms with van der Waals surface area (Å²) >= 11 is 0. The Morgan fingerprint density at radius 2 is 1.96 bits per heavy atom. The third-order valence-electron chi connectivity index (χ3n) is 3.90. The third kappa shape index (κ3) is 3.64. The molecule has 7 heteroatoms. The van der Waals surface area contributed by atoms with Crippen LogP contribution in [0.25, 0.3) is 11.4 Å². The van der Waals surface area contributed by atoms with Crippen LogP contribution in [0.1, 0.15) is 23.2 Å². The second-order valence-corrected chi connectivity index (χ2v) is 5.54. The van der Waals surface area contributed by atoms with E-state index in [1.807, 2.05) is 30.3 Å². The van der Waals surface area contributed by atoms with Gasteiger partial charge in [0.2, 0.25) is 0 Å². The van der Waals surface area contributed by atoms with E-state index in [0.29, 0.717) is 31.8 Å². The van der Waals surface area contributed by atoms with Crippen LogP contribution in [0.5, 0.6) is 0 Å². The second-order valence-electron chi connectivity index (χ2n) is 5.54. The number of hydrogen-bond acceptors (Lipinski definition) is 5. The summed E-state index contributed by atoms with van der Waals surface area (Å²) in [4.78, 5) is 31.2. The summed E-state index contributed by atoms with van der Waals surface area (Å²) in [6.45, 7) is 1.01. The predicted molar refractivity (Wildman–Crippen MR) is 84.1 cm³/mol. The summed E-state index contributed by atoms with van der Waals surface area (Å²) in [6.07, 6.45) is 2.60. The summed E-state index contributed by atoms with van der Waals surface area (Å²) < 4.78 is 0. The molecule has 3 rings (SSSR count). The summed E-state index contributed by atoms with van der Waals surface area (Å²) in [7, 11) is 0. The Morgan fingerprint density at radius 3 is 2.61 bits per heavy atom. The van der Waals surface area contributed by atoms with E-state index < -0.39 is 11.5 Å². The zero-order valence-corrected chi connectivity index (χ0v) is 12.5. The lowest BCUT2D eigenvalue weighted by atomic mass is 10.1. The Bertz CT molecular complexity index is 736. The molecular weight excluding hydrogens is 296 g/mol. The van der Waals surface area contributed by atoms with Gasteiger partial charge >= 0.3 is 0 Å². The monoisotopic (exact) mass is 314 g/mol. The molecule has 0 spiro atoms. The number of carbonyl (C=O) groups is 1. The standard InChI is InChI=1S/C16H18N4O3/c21-15(18-12-6-8-20(23)9-7-12)13-10-17-14(19-16(13)22)11-4-2-1-3-5-11/h1-5,10,12,23H,6-9H2,(H,18,21)(H,17,19,22). The molecule has 120 valence electrons. The van der Waals surface area contributed by atoms with Gasteiger partial charge in [-0.1, -0.05) is 30.3 Å². The first-order valence-electron chi connectivity index (χ1n) is 7.53. The highest BCUT2D eigenvalue weighted by Gasteiger charge is 2.21. The number of nitrogens with zero attached hydrogens (tertiary/aromatic N) is 2. The van der Waals surface area contributed by atoms with Gasteiger partial charge in [-0.15, -0.1) is 0 Å². The number of amides is 1. The van der Waals surface area contributed by atoms with Gasteiger partial charge in [-0.25, -0.2) is 4.98 Å². The average molecular weight is 314 g/mol. The van der Waals surface area contributed by atoms with E-state index in [1.165, 1.54) is 11.3 Å². The molecule has 1 aliphatic heterocycles. The first-order valence-corrected chi connectivity index (χ1v) is 7.53. The fraction of sp³-hybridized carbons (Fsp3) is 0.312. The fourth-order valence-corrected chi connectivity index (χ4v) is 2.57. The number of aromatic nitrogens is 2. The predicted octanol–water partition coefficient (Wildman–Crippen LogP) is 1.02. The molecule has 1 aromatic carbocycles. The van der Waals surface area contributed by atoms with Gasteiger partial charge in [0.05, 0.1) is 0 Å². The van der Waals surface area contributed by atoms with Crippen molar-refractivity contribution in [2.45, 2.75) is 18.9 Å². The maximum absolute atomic E-state index is 12.2. The number of carbonyl (C=O) groups excluding carboxylic acids is 1.